The van der Waals surface area contributed by atoms with Crippen LogP contribution in [-0.2, 0) is 22.6 Å². The Morgan fingerprint density at radius 3 is 2.48 bits per heavy atom. The van der Waals surface area contributed by atoms with Crippen molar-refractivity contribution in [2.75, 3.05) is 6.79 Å². The van der Waals surface area contributed by atoms with E-state index in [1.54, 1.807) is 0 Å². The number of hydrogen-bond donors (Lipinski definition) is 2. The van der Waals surface area contributed by atoms with E-state index in [4.69, 9.17) is 9.47 Å². The predicted molar refractivity (Wildman–Crippen MR) is 101 cm³/mol. The third kappa shape index (κ3) is 5.00. The lowest BCUT2D eigenvalue weighted by molar-refractivity contribution is -0.129. The summed E-state index contributed by atoms with van der Waals surface area (Å²) in [6.45, 7) is 4.39. The molecule has 0 saturated carbocycles. The summed E-state index contributed by atoms with van der Waals surface area (Å²) >= 11 is 0. The van der Waals surface area contributed by atoms with Gasteiger partial charge in [0.25, 0.3) is 0 Å². The molecule has 0 unspecified atom stereocenters. The van der Waals surface area contributed by atoms with Crippen molar-refractivity contribution in [1.29, 1.82) is 0 Å². The van der Waals surface area contributed by atoms with Crippen LogP contribution < -0.4 is 20.1 Å². The summed E-state index contributed by atoms with van der Waals surface area (Å²) in [5.74, 6) is 0.986. The van der Waals surface area contributed by atoms with E-state index >= 15 is 0 Å². The van der Waals surface area contributed by atoms with E-state index < -0.39 is 6.04 Å². The molecular formula is C21H24N2O4. The standard InChI is InChI=1S/C21H24N2O4/c1-14(2)20(23-19(24)11-15-6-4-3-5-7-15)21(25)22-12-16-8-9-17-18(10-16)27-13-26-17/h3-10,14,20H,11-13H2,1-2H3,(H,22,25)(H,23,24)/t20-/m1/s1. The number of rotatable bonds is 7. The Balaban J connectivity index is 1.55. The fourth-order valence-corrected chi connectivity index (χ4v) is 2.89. The van der Waals surface area contributed by atoms with E-state index in [0.29, 0.717) is 18.0 Å². The zero-order valence-corrected chi connectivity index (χ0v) is 15.5. The first kappa shape index (κ1) is 18.8. The van der Waals surface area contributed by atoms with Gasteiger partial charge in [0.2, 0.25) is 18.6 Å². The highest BCUT2D eigenvalue weighted by molar-refractivity contribution is 5.88. The number of ether oxygens (including phenoxy) is 2. The summed E-state index contributed by atoms with van der Waals surface area (Å²) in [4.78, 5) is 24.9. The van der Waals surface area contributed by atoms with Crippen molar-refractivity contribution in [3.63, 3.8) is 0 Å². The molecule has 0 aromatic heterocycles. The molecule has 0 fully saturated rings. The summed E-state index contributed by atoms with van der Waals surface area (Å²) in [6, 6.07) is 14.4. The Labute approximate surface area is 158 Å². The molecule has 0 saturated heterocycles. The van der Waals surface area contributed by atoms with Gasteiger partial charge in [0, 0.05) is 6.54 Å². The average Bonchev–Trinajstić information content (AvgIpc) is 3.12. The molecule has 1 aliphatic rings. The van der Waals surface area contributed by atoms with Crippen molar-refractivity contribution in [2.24, 2.45) is 5.92 Å². The van der Waals surface area contributed by atoms with E-state index in [9.17, 15) is 9.59 Å². The molecule has 0 bridgehead atoms. The average molecular weight is 368 g/mol. The first-order valence-electron chi connectivity index (χ1n) is 9.02. The van der Waals surface area contributed by atoms with E-state index in [-0.39, 0.29) is 30.9 Å². The molecule has 2 aromatic carbocycles. The minimum absolute atomic E-state index is 0.0264. The molecule has 2 N–H and O–H groups in total. The Morgan fingerprint density at radius 2 is 1.74 bits per heavy atom. The Bertz CT molecular complexity index is 805. The van der Waals surface area contributed by atoms with Gasteiger partial charge in [-0.1, -0.05) is 50.2 Å². The van der Waals surface area contributed by atoms with Gasteiger partial charge < -0.3 is 20.1 Å². The normalized spacial score (nSPS) is 13.3. The summed E-state index contributed by atoms with van der Waals surface area (Å²) < 4.78 is 10.6. The number of nitrogens with one attached hydrogen (secondary N) is 2. The van der Waals surface area contributed by atoms with Crippen LogP contribution in [-0.4, -0.2) is 24.6 Å². The minimum Gasteiger partial charge on any atom is -0.454 e. The number of fused-ring (bicyclic) bond motifs is 1. The SMILES string of the molecule is CC(C)[C@@H](NC(=O)Cc1ccccc1)C(=O)NCc1ccc2c(c1)OCO2. The number of benzene rings is 2. The maximum absolute atomic E-state index is 12.6. The maximum Gasteiger partial charge on any atom is 0.243 e. The second-order valence-corrected chi connectivity index (χ2v) is 6.86. The van der Waals surface area contributed by atoms with Crippen LogP contribution in [0.5, 0.6) is 11.5 Å². The van der Waals surface area contributed by atoms with Crippen LogP contribution >= 0.6 is 0 Å². The summed E-state index contributed by atoms with van der Waals surface area (Å²) in [7, 11) is 0. The van der Waals surface area contributed by atoms with Crippen molar-refractivity contribution in [2.45, 2.75) is 32.9 Å². The van der Waals surface area contributed by atoms with Crippen molar-refractivity contribution in [1.82, 2.24) is 10.6 Å². The largest absolute Gasteiger partial charge is 0.454 e. The number of hydrogen-bond acceptors (Lipinski definition) is 4. The van der Waals surface area contributed by atoms with Crippen molar-refractivity contribution >= 4 is 11.8 Å². The zero-order chi connectivity index (χ0) is 19.2. The first-order chi connectivity index (χ1) is 13.0. The zero-order valence-electron chi connectivity index (χ0n) is 15.5. The van der Waals surface area contributed by atoms with Crippen LogP contribution in [0.3, 0.4) is 0 Å². The van der Waals surface area contributed by atoms with Crippen LogP contribution in [0.4, 0.5) is 0 Å². The fraction of sp³-hybridized carbons (Fsp3) is 0.333. The lowest BCUT2D eigenvalue weighted by Gasteiger charge is -2.22. The number of amides is 2. The maximum atomic E-state index is 12.6. The van der Waals surface area contributed by atoms with Crippen LogP contribution in [0.25, 0.3) is 0 Å². The molecule has 0 radical (unpaired) electrons. The van der Waals surface area contributed by atoms with Gasteiger partial charge in [-0.25, -0.2) is 0 Å². The van der Waals surface area contributed by atoms with E-state index in [0.717, 1.165) is 11.1 Å². The van der Waals surface area contributed by atoms with Crippen molar-refractivity contribution in [3.8, 4) is 11.5 Å². The Hall–Kier alpha value is -3.02. The highest BCUT2D eigenvalue weighted by Crippen LogP contribution is 2.32. The summed E-state index contributed by atoms with van der Waals surface area (Å²) in [6.07, 6.45) is 0.250. The molecule has 1 atom stereocenters. The van der Waals surface area contributed by atoms with Gasteiger partial charge in [0.1, 0.15) is 6.04 Å². The van der Waals surface area contributed by atoms with Crippen LogP contribution in [0, 0.1) is 5.92 Å². The van der Waals surface area contributed by atoms with E-state index in [1.165, 1.54) is 0 Å². The fourth-order valence-electron chi connectivity index (χ4n) is 2.89. The van der Waals surface area contributed by atoms with E-state index in [2.05, 4.69) is 10.6 Å². The lowest BCUT2D eigenvalue weighted by atomic mass is 10.0. The second-order valence-electron chi connectivity index (χ2n) is 6.86. The van der Waals surface area contributed by atoms with Crippen LogP contribution in [0.2, 0.25) is 0 Å². The molecule has 0 spiro atoms. The molecular weight excluding hydrogens is 344 g/mol. The van der Waals surface area contributed by atoms with Gasteiger partial charge in [0.15, 0.2) is 11.5 Å². The quantitative estimate of drug-likeness (QED) is 0.787. The molecule has 3 rings (SSSR count). The minimum atomic E-state index is -0.588. The van der Waals surface area contributed by atoms with Gasteiger partial charge in [-0.05, 0) is 29.2 Å². The molecule has 27 heavy (non-hydrogen) atoms. The van der Waals surface area contributed by atoms with Gasteiger partial charge in [-0.3, -0.25) is 9.59 Å². The lowest BCUT2D eigenvalue weighted by Crippen LogP contribution is -2.49. The molecule has 0 aliphatic carbocycles. The second kappa shape index (κ2) is 8.58. The van der Waals surface area contributed by atoms with Crippen LogP contribution in [0.15, 0.2) is 48.5 Å². The molecule has 142 valence electrons. The van der Waals surface area contributed by atoms with Crippen molar-refractivity contribution < 1.29 is 19.1 Å². The Morgan fingerprint density at radius 1 is 1.00 bits per heavy atom. The van der Waals surface area contributed by atoms with Gasteiger partial charge >= 0.3 is 0 Å². The predicted octanol–water partition coefficient (Wildman–Crippen LogP) is 2.42. The molecule has 2 amide bonds. The highest BCUT2D eigenvalue weighted by atomic mass is 16.7. The molecule has 1 aliphatic heterocycles. The summed E-state index contributed by atoms with van der Waals surface area (Å²) in [5.41, 5.74) is 1.82. The monoisotopic (exact) mass is 368 g/mol. The third-order valence-corrected chi connectivity index (χ3v) is 4.38. The van der Waals surface area contributed by atoms with Crippen molar-refractivity contribution in [3.05, 3.63) is 59.7 Å². The highest BCUT2D eigenvalue weighted by Gasteiger charge is 2.24. The van der Waals surface area contributed by atoms with Gasteiger partial charge in [0.05, 0.1) is 6.42 Å². The van der Waals surface area contributed by atoms with Gasteiger partial charge in [-0.15, -0.1) is 0 Å². The smallest absolute Gasteiger partial charge is 0.243 e. The number of carbonyl (C=O) groups is 2. The third-order valence-electron chi connectivity index (χ3n) is 4.38. The molecule has 2 aromatic rings. The number of carbonyl (C=O) groups excluding carboxylic acids is 2. The van der Waals surface area contributed by atoms with Gasteiger partial charge in [-0.2, -0.15) is 0 Å². The van der Waals surface area contributed by atoms with Crippen LogP contribution in [0.1, 0.15) is 25.0 Å². The molecule has 1 heterocycles. The molecule has 6 heteroatoms. The van der Waals surface area contributed by atoms with E-state index in [1.807, 2.05) is 62.4 Å². The first-order valence-corrected chi connectivity index (χ1v) is 9.02. The molecule has 6 nitrogen and oxygen atoms in total. The topological polar surface area (TPSA) is 76.7 Å². The summed E-state index contributed by atoms with van der Waals surface area (Å²) in [5, 5.41) is 5.74. The Kier molecular flexibility index (Phi) is 5.96.